The first-order chi connectivity index (χ1) is 25.8. The number of anilines is 2. The van der Waals surface area contributed by atoms with Crippen LogP contribution in [0.25, 0.3) is 20.4 Å². The zero-order chi connectivity index (χ0) is 36.5. The number of nitrogens with one attached hydrogen (secondary N) is 2. The molecule has 0 saturated carbocycles. The van der Waals surface area contributed by atoms with E-state index in [1.807, 2.05) is 85.8 Å². The number of fused-ring (bicyclic) bond motifs is 3. The minimum Gasteiger partial charge on any atom is -0.344 e. The summed E-state index contributed by atoms with van der Waals surface area (Å²) in [6.45, 7) is 1.82. The molecule has 0 spiro atoms. The predicted octanol–water partition coefficient (Wildman–Crippen LogP) is 8.82. The Hall–Kier alpha value is -5.34. The van der Waals surface area contributed by atoms with Gasteiger partial charge in [-0.25, -0.2) is 14.9 Å². The summed E-state index contributed by atoms with van der Waals surface area (Å²) in [7, 11) is 0. The van der Waals surface area contributed by atoms with E-state index in [9.17, 15) is 19.2 Å². The molecule has 1 unspecified atom stereocenters. The Bertz CT molecular complexity index is 2450. The molecule has 0 fully saturated rings. The lowest BCUT2D eigenvalue weighted by Gasteiger charge is -2.19. The third kappa shape index (κ3) is 7.33. The first kappa shape index (κ1) is 34.7. The summed E-state index contributed by atoms with van der Waals surface area (Å²) in [5.74, 6) is -0.755. The molecule has 0 aliphatic carbocycles. The molecule has 0 saturated heterocycles. The average Bonchev–Trinajstić information content (AvgIpc) is 3.86. The number of amides is 4. The van der Waals surface area contributed by atoms with E-state index < -0.39 is 5.25 Å². The lowest BCUT2D eigenvalue weighted by molar-refractivity contribution is -0.119. The fourth-order valence-electron chi connectivity index (χ4n) is 5.98. The highest BCUT2D eigenvalue weighted by Gasteiger charge is 2.36. The van der Waals surface area contributed by atoms with Gasteiger partial charge >= 0.3 is 0 Å². The van der Waals surface area contributed by atoms with Gasteiger partial charge in [0.25, 0.3) is 11.8 Å². The Kier molecular flexibility index (Phi) is 9.80. The Morgan fingerprint density at radius 3 is 1.94 bits per heavy atom. The quantitative estimate of drug-likeness (QED) is 0.0989. The number of thioether (sulfide) groups is 2. The van der Waals surface area contributed by atoms with Crippen LogP contribution in [0.4, 0.5) is 11.4 Å². The smallest absolute Gasteiger partial charge is 0.266 e. The van der Waals surface area contributed by atoms with Gasteiger partial charge in [-0.05, 0) is 66.6 Å². The summed E-state index contributed by atoms with van der Waals surface area (Å²) in [6.07, 6.45) is 0. The van der Waals surface area contributed by atoms with Crippen molar-refractivity contribution in [3.05, 3.63) is 144 Å². The number of aromatic nitrogens is 2. The molecule has 1 aliphatic rings. The van der Waals surface area contributed by atoms with Gasteiger partial charge in [0.15, 0.2) is 8.68 Å². The van der Waals surface area contributed by atoms with Crippen molar-refractivity contribution in [3.8, 4) is 0 Å². The molecule has 8 rings (SSSR count). The molecular formula is C40H29N5O4S4. The molecule has 2 aromatic heterocycles. The van der Waals surface area contributed by atoms with Crippen LogP contribution in [0.15, 0.2) is 130 Å². The van der Waals surface area contributed by atoms with Crippen molar-refractivity contribution < 1.29 is 19.2 Å². The van der Waals surface area contributed by atoms with Crippen molar-refractivity contribution in [2.75, 3.05) is 16.0 Å². The number of carbonyl (C=O) groups excluding carboxylic acids is 4. The van der Waals surface area contributed by atoms with Crippen LogP contribution in [0.2, 0.25) is 0 Å². The third-order valence-electron chi connectivity index (χ3n) is 8.59. The van der Waals surface area contributed by atoms with Gasteiger partial charge in [-0.15, -0.1) is 22.7 Å². The number of thiazole rings is 2. The largest absolute Gasteiger partial charge is 0.344 e. The van der Waals surface area contributed by atoms with E-state index in [1.165, 1.54) is 51.1 Å². The molecule has 1 aliphatic heterocycles. The molecule has 1 atom stereocenters. The first-order valence-corrected chi connectivity index (χ1v) is 20.1. The number of carbonyl (C=O) groups is 4. The van der Waals surface area contributed by atoms with Crippen molar-refractivity contribution in [2.24, 2.45) is 0 Å². The van der Waals surface area contributed by atoms with Gasteiger partial charge in [0.2, 0.25) is 11.8 Å². The molecular weight excluding hydrogens is 743 g/mol. The van der Waals surface area contributed by atoms with Crippen molar-refractivity contribution in [3.63, 3.8) is 0 Å². The van der Waals surface area contributed by atoms with Gasteiger partial charge in [0.1, 0.15) is 0 Å². The third-order valence-corrected chi connectivity index (χ3v) is 13.0. The number of benzene rings is 5. The minimum absolute atomic E-state index is 0.0947. The zero-order valence-electron chi connectivity index (χ0n) is 28.0. The highest BCUT2D eigenvalue weighted by molar-refractivity contribution is 8.02. The normalized spacial score (nSPS) is 13.1. The summed E-state index contributed by atoms with van der Waals surface area (Å²) in [5.41, 5.74) is 5.45. The molecule has 4 amide bonds. The number of rotatable bonds is 11. The second-order valence-corrected chi connectivity index (χ2v) is 17.0. The second kappa shape index (κ2) is 15.0. The maximum Gasteiger partial charge on any atom is 0.266 e. The topological polar surface area (TPSA) is 121 Å². The lowest BCUT2D eigenvalue weighted by atomic mass is 9.99. The molecule has 5 aromatic carbocycles. The van der Waals surface area contributed by atoms with Gasteiger partial charge in [-0.1, -0.05) is 96.3 Å². The van der Waals surface area contributed by atoms with Crippen molar-refractivity contribution in [2.45, 2.75) is 26.9 Å². The van der Waals surface area contributed by atoms with E-state index in [0.29, 0.717) is 26.8 Å². The Morgan fingerprint density at radius 2 is 1.28 bits per heavy atom. The number of nitrogens with zero attached hydrogens (tertiary/aromatic N) is 3. The molecule has 9 nitrogen and oxygen atoms in total. The van der Waals surface area contributed by atoms with Gasteiger partial charge in [-0.2, -0.15) is 0 Å². The Labute approximate surface area is 320 Å². The van der Waals surface area contributed by atoms with E-state index >= 15 is 0 Å². The van der Waals surface area contributed by atoms with Crippen LogP contribution < -0.4 is 15.5 Å². The summed E-state index contributed by atoms with van der Waals surface area (Å²) in [6, 6.07) is 37.2. The number of hydrogen-bond donors (Lipinski definition) is 2. The first-order valence-electron chi connectivity index (χ1n) is 16.6. The summed E-state index contributed by atoms with van der Waals surface area (Å²) in [4.78, 5) is 62.9. The summed E-state index contributed by atoms with van der Waals surface area (Å²) >= 11 is 5.60. The Morgan fingerprint density at radius 1 is 0.717 bits per heavy atom. The van der Waals surface area contributed by atoms with E-state index in [4.69, 9.17) is 4.98 Å². The SMILES string of the molecule is CC(Sc1nc2ccc(N3C(=O)c4ccccc4C3=O)cc2s1)C(=O)Nc1ccc2nc(SCC(=O)NC(c3ccccc3)c3ccccc3)sc2c1. The fraction of sp³-hybridized carbons (Fsp3) is 0.100. The van der Waals surface area contributed by atoms with Gasteiger partial charge in [0.05, 0.1) is 54.3 Å². The van der Waals surface area contributed by atoms with E-state index in [1.54, 1.807) is 42.5 Å². The monoisotopic (exact) mass is 771 g/mol. The van der Waals surface area contributed by atoms with E-state index in [0.717, 1.165) is 35.9 Å². The van der Waals surface area contributed by atoms with Crippen LogP contribution in [-0.2, 0) is 9.59 Å². The molecule has 3 heterocycles. The zero-order valence-corrected chi connectivity index (χ0v) is 31.3. The lowest BCUT2D eigenvalue weighted by Crippen LogP contribution is -2.30. The van der Waals surface area contributed by atoms with Crippen LogP contribution in [0.1, 0.15) is 44.8 Å². The highest BCUT2D eigenvalue weighted by Crippen LogP contribution is 2.37. The maximum atomic E-state index is 13.3. The number of hydrogen-bond acceptors (Lipinski definition) is 10. The molecule has 7 aromatic rings. The standard InChI is InChI=1S/C40H29N5O4S4/c1-23(51-40-43-31-19-17-27(21-33(31)53-40)45-37(48)28-14-8-9-15-29(28)38(45)49)36(47)41-26-16-18-30-32(20-26)52-39(42-30)50-22-34(46)44-35(24-10-4-2-5-11-24)25-12-6-3-7-13-25/h2-21,23,35H,22H2,1H3,(H,41,47)(H,44,46). The summed E-state index contributed by atoms with van der Waals surface area (Å²) in [5, 5.41) is 5.73. The van der Waals surface area contributed by atoms with E-state index in [-0.39, 0.29) is 35.4 Å². The molecule has 13 heteroatoms. The highest BCUT2D eigenvalue weighted by atomic mass is 32.2. The van der Waals surface area contributed by atoms with Gasteiger partial charge in [-0.3, -0.25) is 19.2 Å². The van der Waals surface area contributed by atoms with Gasteiger partial charge in [0, 0.05) is 5.69 Å². The minimum atomic E-state index is -0.455. The predicted molar refractivity (Wildman–Crippen MR) is 214 cm³/mol. The van der Waals surface area contributed by atoms with Crippen molar-refractivity contribution in [1.82, 2.24) is 15.3 Å². The van der Waals surface area contributed by atoms with E-state index in [2.05, 4.69) is 15.6 Å². The average molecular weight is 772 g/mol. The molecule has 262 valence electrons. The maximum absolute atomic E-state index is 13.3. The molecule has 53 heavy (non-hydrogen) atoms. The molecule has 2 N–H and O–H groups in total. The van der Waals surface area contributed by atoms with Crippen LogP contribution in [0.3, 0.4) is 0 Å². The van der Waals surface area contributed by atoms with Crippen LogP contribution in [-0.4, -0.2) is 44.6 Å². The fourth-order valence-corrected chi connectivity index (χ4v) is 10.1. The van der Waals surface area contributed by atoms with Crippen molar-refractivity contribution in [1.29, 1.82) is 0 Å². The summed E-state index contributed by atoms with van der Waals surface area (Å²) < 4.78 is 3.17. The Balaban J connectivity index is 0.883. The van der Waals surface area contributed by atoms with Crippen LogP contribution in [0, 0.1) is 0 Å². The van der Waals surface area contributed by atoms with Gasteiger partial charge < -0.3 is 10.6 Å². The number of imide groups is 1. The molecule has 0 radical (unpaired) electrons. The van der Waals surface area contributed by atoms with Crippen LogP contribution in [0.5, 0.6) is 0 Å². The van der Waals surface area contributed by atoms with Crippen molar-refractivity contribution >= 4 is 102 Å². The van der Waals surface area contributed by atoms with Crippen LogP contribution >= 0.6 is 46.2 Å². The molecule has 0 bridgehead atoms. The second-order valence-electron chi connectivity index (χ2n) is 12.1.